The Morgan fingerprint density at radius 2 is 1.97 bits per heavy atom. The fourth-order valence-corrected chi connectivity index (χ4v) is 5.28. The number of ketones is 1. The zero-order valence-electron chi connectivity index (χ0n) is 19.5. The molecule has 3 rings (SSSR count). The quantitative estimate of drug-likeness (QED) is 0.400. The standard InChI is InChI=1S/C24H28N2O7S/c1-5-33-22-11-16(9-10-21(22)32-3)19(14-34(4,30)31)26-12-17-7-6-8-18(25-15(2)28)23(17)24(26)20(29)13-27/h6-11,13,19,24H,5,12,14H2,1-4H3,(H,25,28). The summed E-state index contributed by atoms with van der Waals surface area (Å²) in [7, 11) is -2.00. The van der Waals surface area contributed by atoms with Crippen LogP contribution in [0.4, 0.5) is 5.69 Å². The number of anilines is 1. The maximum Gasteiger partial charge on any atom is 0.221 e. The lowest BCUT2D eigenvalue weighted by atomic mass is 9.98. The number of aldehydes is 1. The van der Waals surface area contributed by atoms with Crippen LogP contribution in [0.25, 0.3) is 0 Å². The van der Waals surface area contributed by atoms with E-state index in [1.807, 2.05) is 6.92 Å². The van der Waals surface area contributed by atoms with E-state index in [9.17, 15) is 22.8 Å². The first-order chi connectivity index (χ1) is 16.1. The monoisotopic (exact) mass is 488 g/mol. The van der Waals surface area contributed by atoms with Gasteiger partial charge in [-0.2, -0.15) is 0 Å². The number of Topliss-reactive ketones (excluding diaryl/α,β-unsaturated/α-hetero) is 1. The number of sulfone groups is 1. The van der Waals surface area contributed by atoms with Crippen LogP contribution in [-0.2, 0) is 30.8 Å². The van der Waals surface area contributed by atoms with Crippen LogP contribution in [0.3, 0.4) is 0 Å². The molecule has 1 N–H and O–H groups in total. The van der Waals surface area contributed by atoms with E-state index >= 15 is 0 Å². The van der Waals surface area contributed by atoms with Gasteiger partial charge < -0.3 is 14.8 Å². The number of carbonyl (C=O) groups excluding carboxylic acids is 3. The van der Waals surface area contributed by atoms with Crippen LogP contribution in [0, 0.1) is 0 Å². The number of rotatable bonds is 10. The van der Waals surface area contributed by atoms with Crippen molar-refractivity contribution in [3.8, 4) is 11.5 Å². The Labute approximate surface area is 199 Å². The molecule has 0 aliphatic carbocycles. The van der Waals surface area contributed by atoms with Gasteiger partial charge in [-0.25, -0.2) is 8.42 Å². The Bertz CT molecular complexity index is 1210. The van der Waals surface area contributed by atoms with E-state index in [0.29, 0.717) is 34.9 Å². The van der Waals surface area contributed by atoms with E-state index in [1.54, 1.807) is 41.3 Å². The van der Waals surface area contributed by atoms with Gasteiger partial charge >= 0.3 is 0 Å². The van der Waals surface area contributed by atoms with Gasteiger partial charge in [-0.15, -0.1) is 0 Å². The minimum Gasteiger partial charge on any atom is -0.493 e. The van der Waals surface area contributed by atoms with Gasteiger partial charge in [0.25, 0.3) is 0 Å². The first-order valence-corrected chi connectivity index (χ1v) is 12.8. The van der Waals surface area contributed by atoms with E-state index in [4.69, 9.17) is 9.47 Å². The average molecular weight is 489 g/mol. The fourth-order valence-electron chi connectivity index (χ4n) is 4.33. The molecule has 182 valence electrons. The number of nitrogens with zero attached hydrogens (tertiary/aromatic N) is 1. The van der Waals surface area contributed by atoms with Crippen LogP contribution in [0.15, 0.2) is 36.4 Å². The largest absolute Gasteiger partial charge is 0.493 e. The molecular weight excluding hydrogens is 460 g/mol. The topological polar surface area (TPSA) is 119 Å². The molecule has 0 bridgehead atoms. The molecule has 1 amide bonds. The summed E-state index contributed by atoms with van der Waals surface area (Å²) in [4.78, 5) is 38.0. The highest BCUT2D eigenvalue weighted by Crippen LogP contribution is 2.45. The number of ether oxygens (including phenoxy) is 2. The molecule has 1 heterocycles. The predicted octanol–water partition coefficient (Wildman–Crippen LogP) is 2.46. The summed E-state index contributed by atoms with van der Waals surface area (Å²) < 4.78 is 35.9. The van der Waals surface area contributed by atoms with Crippen molar-refractivity contribution in [1.29, 1.82) is 0 Å². The number of carbonyl (C=O) groups is 3. The van der Waals surface area contributed by atoms with Gasteiger partial charge in [0.2, 0.25) is 11.7 Å². The molecule has 0 fully saturated rings. The molecule has 34 heavy (non-hydrogen) atoms. The fraction of sp³-hybridized carbons (Fsp3) is 0.375. The van der Waals surface area contributed by atoms with Crippen molar-refractivity contribution < 1.29 is 32.3 Å². The maximum atomic E-state index is 12.9. The number of fused-ring (bicyclic) bond motifs is 1. The van der Waals surface area contributed by atoms with Gasteiger partial charge in [-0.05, 0) is 36.2 Å². The molecule has 0 saturated heterocycles. The van der Waals surface area contributed by atoms with Crippen LogP contribution >= 0.6 is 0 Å². The zero-order valence-corrected chi connectivity index (χ0v) is 20.3. The molecule has 9 nitrogen and oxygen atoms in total. The third kappa shape index (κ3) is 5.45. The molecule has 0 spiro atoms. The number of hydrogen-bond donors (Lipinski definition) is 1. The molecule has 2 atom stereocenters. The van der Waals surface area contributed by atoms with Gasteiger partial charge in [0.05, 0.1) is 25.5 Å². The predicted molar refractivity (Wildman–Crippen MR) is 127 cm³/mol. The summed E-state index contributed by atoms with van der Waals surface area (Å²) >= 11 is 0. The maximum absolute atomic E-state index is 12.9. The van der Waals surface area contributed by atoms with Crippen LogP contribution in [0.2, 0.25) is 0 Å². The molecule has 0 aromatic heterocycles. The molecule has 1 aliphatic heterocycles. The lowest BCUT2D eigenvalue weighted by Gasteiger charge is -2.32. The van der Waals surface area contributed by atoms with Gasteiger partial charge in [0.1, 0.15) is 15.9 Å². The highest BCUT2D eigenvalue weighted by Gasteiger charge is 2.42. The van der Waals surface area contributed by atoms with Crippen LogP contribution in [0.1, 0.15) is 42.6 Å². The van der Waals surface area contributed by atoms with Crippen molar-refractivity contribution in [2.45, 2.75) is 32.5 Å². The Morgan fingerprint density at radius 1 is 1.24 bits per heavy atom. The third-order valence-corrected chi connectivity index (χ3v) is 6.51. The summed E-state index contributed by atoms with van der Waals surface area (Å²) in [6, 6.07) is 8.45. The Balaban J connectivity index is 2.17. The van der Waals surface area contributed by atoms with Gasteiger partial charge in [0.15, 0.2) is 17.8 Å². The van der Waals surface area contributed by atoms with Crippen LogP contribution in [0.5, 0.6) is 11.5 Å². The summed E-state index contributed by atoms with van der Waals surface area (Å²) in [5.41, 5.74) is 2.22. The molecule has 0 saturated carbocycles. The molecule has 2 aromatic carbocycles. The number of benzene rings is 2. The number of amides is 1. The lowest BCUT2D eigenvalue weighted by molar-refractivity contribution is -0.134. The second kappa shape index (κ2) is 10.4. The number of hydrogen-bond acceptors (Lipinski definition) is 8. The van der Waals surface area contributed by atoms with E-state index in [0.717, 1.165) is 11.8 Å². The number of nitrogens with one attached hydrogen (secondary N) is 1. The number of methoxy groups -OCH3 is 1. The molecular formula is C24H28N2O7S. The third-order valence-electron chi connectivity index (χ3n) is 5.58. The Hall–Kier alpha value is -3.24. The van der Waals surface area contributed by atoms with Gasteiger partial charge in [-0.3, -0.25) is 19.3 Å². The second-order valence-corrected chi connectivity index (χ2v) is 10.3. The van der Waals surface area contributed by atoms with Crippen molar-refractivity contribution in [2.75, 3.05) is 31.0 Å². The second-order valence-electron chi connectivity index (χ2n) is 8.11. The smallest absolute Gasteiger partial charge is 0.221 e. The summed E-state index contributed by atoms with van der Waals surface area (Å²) in [5.74, 6) is -0.421. The first kappa shape index (κ1) is 25.4. The minimum atomic E-state index is -3.51. The van der Waals surface area contributed by atoms with E-state index in [2.05, 4.69) is 5.32 Å². The highest BCUT2D eigenvalue weighted by atomic mass is 32.2. The van der Waals surface area contributed by atoms with Crippen molar-refractivity contribution in [1.82, 2.24) is 4.90 Å². The molecule has 2 aromatic rings. The average Bonchev–Trinajstić information content (AvgIpc) is 3.16. The first-order valence-electron chi connectivity index (χ1n) is 10.7. The van der Waals surface area contributed by atoms with E-state index < -0.39 is 27.7 Å². The van der Waals surface area contributed by atoms with Crippen LogP contribution < -0.4 is 14.8 Å². The summed E-state index contributed by atoms with van der Waals surface area (Å²) in [6.45, 7) is 3.75. The van der Waals surface area contributed by atoms with Crippen LogP contribution in [-0.4, -0.2) is 57.0 Å². The summed E-state index contributed by atoms with van der Waals surface area (Å²) in [6.07, 6.45) is 1.35. The van der Waals surface area contributed by atoms with E-state index in [-0.39, 0.29) is 24.5 Å². The van der Waals surface area contributed by atoms with Gasteiger partial charge in [0, 0.05) is 31.0 Å². The van der Waals surface area contributed by atoms with Crippen molar-refractivity contribution in [2.24, 2.45) is 0 Å². The Morgan fingerprint density at radius 3 is 2.56 bits per heavy atom. The molecule has 10 heteroatoms. The van der Waals surface area contributed by atoms with E-state index in [1.165, 1.54) is 14.0 Å². The minimum absolute atomic E-state index is 0.211. The van der Waals surface area contributed by atoms with Crippen molar-refractivity contribution in [3.63, 3.8) is 0 Å². The Kier molecular flexibility index (Phi) is 7.73. The van der Waals surface area contributed by atoms with Gasteiger partial charge in [-0.1, -0.05) is 18.2 Å². The van der Waals surface area contributed by atoms with Crippen molar-refractivity contribution in [3.05, 3.63) is 53.1 Å². The highest BCUT2D eigenvalue weighted by molar-refractivity contribution is 7.90. The molecule has 2 unspecified atom stereocenters. The van der Waals surface area contributed by atoms with Crippen molar-refractivity contribution >= 4 is 33.5 Å². The lowest BCUT2D eigenvalue weighted by Crippen LogP contribution is -2.36. The SMILES string of the molecule is CCOc1cc(C(CS(C)(=O)=O)N2Cc3cccc(NC(C)=O)c3C2C(=O)C=O)ccc1OC. The zero-order chi connectivity index (χ0) is 25.0. The summed E-state index contributed by atoms with van der Waals surface area (Å²) in [5, 5.41) is 2.71. The normalized spacial score (nSPS) is 16.4. The molecule has 1 aliphatic rings. The molecule has 0 radical (unpaired) electrons.